The highest BCUT2D eigenvalue weighted by Crippen LogP contribution is 2.27. The Morgan fingerprint density at radius 2 is 2.21 bits per heavy atom. The van der Waals surface area contributed by atoms with E-state index >= 15 is 0 Å². The zero-order valence-corrected chi connectivity index (χ0v) is 14.5. The molecule has 0 bridgehead atoms. The summed E-state index contributed by atoms with van der Waals surface area (Å²) in [5.41, 5.74) is 0.853. The molecule has 130 valence electrons. The maximum atomic E-state index is 11.7. The van der Waals surface area contributed by atoms with Crippen molar-refractivity contribution in [1.82, 2.24) is 10.1 Å². The summed E-state index contributed by atoms with van der Waals surface area (Å²) in [5.74, 6) is 1.63. The van der Waals surface area contributed by atoms with Gasteiger partial charge in [-0.25, -0.2) is 8.42 Å². The van der Waals surface area contributed by atoms with Gasteiger partial charge in [0.25, 0.3) is 0 Å². The Morgan fingerprint density at radius 3 is 2.88 bits per heavy atom. The van der Waals surface area contributed by atoms with Crippen LogP contribution in [0, 0.1) is 0 Å². The third kappa shape index (κ3) is 3.76. The standard InChI is InChI=1S/C16H20N2O5S/c1-21-13-8-11(5-6-14(13)24(2,19)20)9-15-17-16(23-18-15)12-4-3-7-22-10-12/h5-6,8,12H,3-4,7,9-10H2,1-2H3. The molecular formula is C16H20N2O5S. The molecule has 1 fully saturated rings. The largest absolute Gasteiger partial charge is 0.495 e. The van der Waals surface area contributed by atoms with E-state index in [2.05, 4.69) is 10.1 Å². The molecule has 0 radical (unpaired) electrons. The van der Waals surface area contributed by atoms with Gasteiger partial charge in [0.1, 0.15) is 10.6 Å². The van der Waals surface area contributed by atoms with Crippen LogP contribution >= 0.6 is 0 Å². The fraction of sp³-hybridized carbons (Fsp3) is 0.500. The van der Waals surface area contributed by atoms with Gasteiger partial charge in [-0.3, -0.25) is 0 Å². The number of hydrogen-bond donors (Lipinski definition) is 0. The van der Waals surface area contributed by atoms with E-state index in [0.29, 0.717) is 30.5 Å². The SMILES string of the molecule is COc1cc(Cc2noc(C3CCCOC3)n2)ccc1S(C)(=O)=O. The molecule has 0 spiro atoms. The lowest BCUT2D eigenvalue weighted by Crippen LogP contribution is -2.15. The summed E-state index contributed by atoms with van der Waals surface area (Å²) in [7, 11) is -1.89. The smallest absolute Gasteiger partial charge is 0.232 e. The Balaban J connectivity index is 1.78. The zero-order valence-electron chi connectivity index (χ0n) is 13.7. The van der Waals surface area contributed by atoms with E-state index in [1.54, 1.807) is 18.2 Å². The van der Waals surface area contributed by atoms with Crippen molar-refractivity contribution in [3.63, 3.8) is 0 Å². The van der Waals surface area contributed by atoms with Gasteiger partial charge in [0.05, 0.1) is 19.6 Å². The van der Waals surface area contributed by atoms with Gasteiger partial charge >= 0.3 is 0 Å². The number of ether oxygens (including phenoxy) is 2. The second-order valence-electron chi connectivity index (χ2n) is 5.90. The first-order valence-corrected chi connectivity index (χ1v) is 9.63. The highest BCUT2D eigenvalue weighted by molar-refractivity contribution is 7.90. The minimum atomic E-state index is -3.33. The molecule has 7 nitrogen and oxygen atoms in total. The lowest BCUT2D eigenvalue weighted by atomic mass is 10.0. The van der Waals surface area contributed by atoms with Crippen LogP contribution in [0.15, 0.2) is 27.6 Å². The molecule has 2 aromatic rings. The normalized spacial score (nSPS) is 18.5. The van der Waals surface area contributed by atoms with Gasteiger partial charge in [0.2, 0.25) is 5.89 Å². The first-order chi connectivity index (χ1) is 11.5. The van der Waals surface area contributed by atoms with E-state index in [-0.39, 0.29) is 10.8 Å². The van der Waals surface area contributed by atoms with E-state index < -0.39 is 9.84 Å². The van der Waals surface area contributed by atoms with Crippen LogP contribution in [-0.4, -0.2) is 45.1 Å². The van der Waals surface area contributed by atoms with Gasteiger partial charge in [-0.05, 0) is 30.5 Å². The molecule has 1 aromatic carbocycles. The molecule has 0 saturated carbocycles. The summed E-state index contributed by atoms with van der Waals surface area (Å²) < 4.78 is 39.4. The highest BCUT2D eigenvalue weighted by atomic mass is 32.2. The first kappa shape index (κ1) is 16.9. The fourth-order valence-electron chi connectivity index (χ4n) is 2.75. The summed E-state index contributed by atoms with van der Waals surface area (Å²) in [6, 6.07) is 4.97. The number of methoxy groups -OCH3 is 1. The van der Waals surface area contributed by atoms with Crippen molar-refractivity contribution in [2.45, 2.75) is 30.1 Å². The zero-order chi connectivity index (χ0) is 17.2. The number of rotatable bonds is 5. The highest BCUT2D eigenvalue weighted by Gasteiger charge is 2.22. The third-order valence-corrected chi connectivity index (χ3v) is 5.12. The van der Waals surface area contributed by atoms with Crippen molar-refractivity contribution in [3.8, 4) is 5.75 Å². The molecule has 0 aliphatic carbocycles. The topological polar surface area (TPSA) is 91.5 Å². The van der Waals surface area contributed by atoms with E-state index in [9.17, 15) is 8.42 Å². The van der Waals surface area contributed by atoms with Crippen molar-refractivity contribution >= 4 is 9.84 Å². The molecule has 1 aliphatic heterocycles. The lowest BCUT2D eigenvalue weighted by Gasteiger charge is -2.18. The van der Waals surface area contributed by atoms with Gasteiger partial charge < -0.3 is 14.0 Å². The van der Waals surface area contributed by atoms with Crippen molar-refractivity contribution in [1.29, 1.82) is 0 Å². The molecule has 1 atom stereocenters. The molecule has 24 heavy (non-hydrogen) atoms. The van der Waals surface area contributed by atoms with Crippen LogP contribution < -0.4 is 4.74 Å². The Hall–Kier alpha value is -1.93. The monoisotopic (exact) mass is 352 g/mol. The summed E-state index contributed by atoms with van der Waals surface area (Å²) in [5, 5.41) is 4.01. The van der Waals surface area contributed by atoms with Crippen LogP contribution in [-0.2, 0) is 21.0 Å². The van der Waals surface area contributed by atoms with Crippen LogP contribution in [0.4, 0.5) is 0 Å². The Kier molecular flexibility index (Phi) is 4.86. The number of benzene rings is 1. The molecule has 8 heteroatoms. The quantitative estimate of drug-likeness (QED) is 0.812. The average Bonchev–Trinajstić information content (AvgIpc) is 3.03. The summed E-state index contributed by atoms with van der Waals surface area (Å²) in [6.45, 7) is 1.39. The van der Waals surface area contributed by atoms with Gasteiger partial charge in [0.15, 0.2) is 15.7 Å². The van der Waals surface area contributed by atoms with Gasteiger partial charge in [-0.1, -0.05) is 11.2 Å². The molecule has 1 saturated heterocycles. The number of aromatic nitrogens is 2. The fourth-order valence-corrected chi connectivity index (χ4v) is 3.57. The molecule has 0 N–H and O–H groups in total. The number of hydrogen-bond acceptors (Lipinski definition) is 7. The number of sulfone groups is 1. The minimum Gasteiger partial charge on any atom is -0.495 e. The second-order valence-corrected chi connectivity index (χ2v) is 7.88. The number of nitrogens with zero attached hydrogens (tertiary/aromatic N) is 2. The van der Waals surface area contributed by atoms with Crippen LogP contribution in [0.2, 0.25) is 0 Å². The van der Waals surface area contributed by atoms with Gasteiger partial charge in [-0.2, -0.15) is 4.98 Å². The molecule has 0 amide bonds. The maximum absolute atomic E-state index is 11.7. The third-order valence-electron chi connectivity index (χ3n) is 3.98. The minimum absolute atomic E-state index is 0.155. The van der Waals surface area contributed by atoms with Crippen molar-refractivity contribution in [2.75, 3.05) is 26.6 Å². The van der Waals surface area contributed by atoms with E-state index in [0.717, 1.165) is 31.3 Å². The summed E-state index contributed by atoms with van der Waals surface area (Å²) in [4.78, 5) is 4.61. The Morgan fingerprint density at radius 1 is 1.38 bits per heavy atom. The lowest BCUT2D eigenvalue weighted by molar-refractivity contribution is 0.0705. The van der Waals surface area contributed by atoms with Crippen LogP contribution in [0.25, 0.3) is 0 Å². The van der Waals surface area contributed by atoms with Crippen molar-refractivity contribution < 1.29 is 22.4 Å². The summed E-state index contributed by atoms with van der Waals surface area (Å²) in [6.07, 6.45) is 3.57. The molecule has 2 heterocycles. The Bertz CT molecular complexity index is 810. The summed E-state index contributed by atoms with van der Waals surface area (Å²) >= 11 is 0. The first-order valence-electron chi connectivity index (χ1n) is 7.74. The van der Waals surface area contributed by atoms with Crippen molar-refractivity contribution in [2.24, 2.45) is 0 Å². The molecule has 1 aromatic heterocycles. The van der Waals surface area contributed by atoms with Gasteiger partial charge in [-0.15, -0.1) is 0 Å². The van der Waals surface area contributed by atoms with Crippen molar-refractivity contribution in [3.05, 3.63) is 35.5 Å². The van der Waals surface area contributed by atoms with E-state index in [4.69, 9.17) is 14.0 Å². The second kappa shape index (κ2) is 6.90. The molecule has 1 aliphatic rings. The van der Waals surface area contributed by atoms with E-state index in [1.165, 1.54) is 7.11 Å². The van der Waals surface area contributed by atoms with Crippen LogP contribution in [0.1, 0.15) is 36.0 Å². The molecule has 3 rings (SSSR count). The predicted octanol–water partition coefficient (Wildman–Crippen LogP) is 1.97. The average molecular weight is 352 g/mol. The van der Waals surface area contributed by atoms with Crippen LogP contribution in [0.5, 0.6) is 5.75 Å². The predicted molar refractivity (Wildman–Crippen MR) is 86.0 cm³/mol. The van der Waals surface area contributed by atoms with Crippen LogP contribution in [0.3, 0.4) is 0 Å². The van der Waals surface area contributed by atoms with E-state index in [1.807, 2.05) is 0 Å². The maximum Gasteiger partial charge on any atom is 0.232 e. The Labute approximate surface area is 140 Å². The molecular weight excluding hydrogens is 332 g/mol. The van der Waals surface area contributed by atoms with Gasteiger partial charge in [0, 0.05) is 19.3 Å². The molecule has 1 unspecified atom stereocenters.